The van der Waals surface area contributed by atoms with Gasteiger partial charge in [-0.25, -0.2) is 14.4 Å². The van der Waals surface area contributed by atoms with Gasteiger partial charge in [0.15, 0.2) is 11.0 Å². The second-order valence-corrected chi connectivity index (χ2v) is 4.27. The Morgan fingerprint density at radius 2 is 2.20 bits per heavy atom. The van der Waals surface area contributed by atoms with Crippen molar-refractivity contribution in [1.82, 2.24) is 9.97 Å². The van der Waals surface area contributed by atoms with Crippen molar-refractivity contribution in [3.05, 3.63) is 46.6 Å². The molecule has 1 heterocycles. The monoisotopic (exact) mass is 291 g/mol. The van der Waals surface area contributed by atoms with Gasteiger partial charge in [0.25, 0.3) is 0 Å². The SMILES string of the molecule is CNc1c(Cl)ncnc1NCc1cc(C#N)ccc1F. The number of hydrogen-bond acceptors (Lipinski definition) is 5. The summed E-state index contributed by atoms with van der Waals surface area (Å²) in [4.78, 5) is 7.89. The Morgan fingerprint density at radius 3 is 2.90 bits per heavy atom. The molecule has 7 heteroatoms. The van der Waals surface area contributed by atoms with Crippen molar-refractivity contribution in [3.63, 3.8) is 0 Å². The van der Waals surface area contributed by atoms with Crippen molar-refractivity contribution in [2.24, 2.45) is 0 Å². The maximum absolute atomic E-state index is 13.6. The lowest BCUT2D eigenvalue weighted by molar-refractivity contribution is 0.612. The highest BCUT2D eigenvalue weighted by Crippen LogP contribution is 2.25. The zero-order chi connectivity index (χ0) is 14.5. The predicted molar refractivity (Wildman–Crippen MR) is 75.0 cm³/mol. The molecule has 0 unspecified atom stereocenters. The summed E-state index contributed by atoms with van der Waals surface area (Å²) in [6, 6.07) is 6.16. The maximum Gasteiger partial charge on any atom is 0.157 e. The molecule has 0 bridgehead atoms. The van der Waals surface area contributed by atoms with E-state index in [1.165, 1.54) is 24.5 Å². The first-order valence-corrected chi connectivity index (χ1v) is 6.14. The summed E-state index contributed by atoms with van der Waals surface area (Å²) in [5.74, 6) is 0.0805. The fraction of sp³-hybridized carbons (Fsp3) is 0.154. The molecule has 0 aliphatic carbocycles. The van der Waals surface area contributed by atoms with Gasteiger partial charge in [0, 0.05) is 19.2 Å². The number of rotatable bonds is 4. The zero-order valence-electron chi connectivity index (χ0n) is 10.6. The van der Waals surface area contributed by atoms with Crippen LogP contribution in [0.15, 0.2) is 24.5 Å². The smallest absolute Gasteiger partial charge is 0.157 e. The first kappa shape index (κ1) is 14.0. The average molecular weight is 292 g/mol. The van der Waals surface area contributed by atoms with Gasteiger partial charge in [0.1, 0.15) is 17.8 Å². The van der Waals surface area contributed by atoms with E-state index < -0.39 is 0 Å². The summed E-state index contributed by atoms with van der Waals surface area (Å²) < 4.78 is 13.6. The molecule has 2 aromatic rings. The third-order valence-corrected chi connectivity index (χ3v) is 2.96. The van der Waals surface area contributed by atoms with Crippen molar-refractivity contribution >= 4 is 23.1 Å². The molecule has 20 heavy (non-hydrogen) atoms. The van der Waals surface area contributed by atoms with Crippen LogP contribution in [0.1, 0.15) is 11.1 Å². The van der Waals surface area contributed by atoms with E-state index in [0.29, 0.717) is 22.6 Å². The highest BCUT2D eigenvalue weighted by atomic mass is 35.5. The van der Waals surface area contributed by atoms with Crippen molar-refractivity contribution in [2.75, 3.05) is 17.7 Å². The van der Waals surface area contributed by atoms with Crippen molar-refractivity contribution in [3.8, 4) is 6.07 Å². The number of halogens is 2. The van der Waals surface area contributed by atoms with Gasteiger partial charge < -0.3 is 10.6 Å². The summed E-state index contributed by atoms with van der Waals surface area (Å²) in [6.45, 7) is 0.184. The molecule has 2 N–H and O–H groups in total. The molecular weight excluding hydrogens is 281 g/mol. The quantitative estimate of drug-likeness (QED) is 0.847. The Labute approximate surface area is 120 Å². The van der Waals surface area contributed by atoms with E-state index in [9.17, 15) is 4.39 Å². The van der Waals surface area contributed by atoms with Crippen molar-refractivity contribution < 1.29 is 4.39 Å². The van der Waals surface area contributed by atoms with E-state index in [0.717, 1.165) is 0 Å². The lowest BCUT2D eigenvalue weighted by Crippen LogP contribution is -2.07. The molecule has 0 saturated carbocycles. The molecule has 0 aliphatic heterocycles. The minimum Gasteiger partial charge on any atom is -0.383 e. The molecule has 1 aromatic heterocycles. The highest BCUT2D eigenvalue weighted by Gasteiger charge is 2.09. The largest absolute Gasteiger partial charge is 0.383 e. The van der Waals surface area contributed by atoms with Crippen LogP contribution >= 0.6 is 11.6 Å². The minimum absolute atomic E-state index is 0.184. The Bertz CT molecular complexity index is 666. The number of hydrogen-bond donors (Lipinski definition) is 2. The van der Waals surface area contributed by atoms with Crippen molar-refractivity contribution in [2.45, 2.75) is 6.54 Å². The van der Waals surface area contributed by atoms with E-state index in [1.54, 1.807) is 7.05 Å². The zero-order valence-corrected chi connectivity index (χ0v) is 11.4. The fourth-order valence-electron chi connectivity index (χ4n) is 1.68. The van der Waals surface area contributed by atoms with Gasteiger partial charge >= 0.3 is 0 Å². The highest BCUT2D eigenvalue weighted by molar-refractivity contribution is 6.32. The molecule has 102 valence electrons. The standard InChI is InChI=1S/C13H11ClFN5/c1-17-11-12(14)19-7-20-13(11)18-6-9-4-8(5-16)2-3-10(9)15/h2-4,7,17H,6H2,1H3,(H,18,19,20). The van der Waals surface area contributed by atoms with Gasteiger partial charge in [-0.3, -0.25) is 0 Å². The topological polar surface area (TPSA) is 73.6 Å². The van der Waals surface area contributed by atoms with E-state index in [-0.39, 0.29) is 17.5 Å². The summed E-state index contributed by atoms with van der Waals surface area (Å²) in [6.07, 6.45) is 1.31. The molecule has 0 atom stereocenters. The molecule has 2 rings (SSSR count). The number of nitriles is 1. The summed E-state index contributed by atoms with van der Waals surface area (Å²) in [5.41, 5.74) is 1.31. The van der Waals surface area contributed by atoms with Gasteiger partial charge in [0.05, 0.1) is 11.6 Å². The second-order valence-electron chi connectivity index (χ2n) is 3.91. The van der Waals surface area contributed by atoms with Gasteiger partial charge in [-0.2, -0.15) is 5.26 Å². The van der Waals surface area contributed by atoms with E-state index >= 15 is 0 Å². The lowest BCUT2D eigenvalue weighted by atomic mass is 10.1. The first-order chi connectivity index (χ1) is 9.65. The molecule has 0 amide bonds. The van der Waals surface area contributed by atoms with Gasteiger partial charge in [-0.05, 0) is 18.2 Å². The molecule has 0 aliphatic rings. The average Bonchev–Trinajstić information content (AvgIpc) is 2.46. The van der Waals surface area contributed by atoms with Crippen LogP contribution in [0.25, 0.3) is 0 Å². The van der Waals surface area contributed by atoms with Crippen molar-refractivity contribution in [1.29, 1.82) is 5.26 Å². The fourth-order valence-corrected chi connectivity index (χ4v) is 1.91. The third kappa shape index (κ3) is 2.95. The number of aromatic nitrogens is 2. The number of benzene rings is 1. The van der Waals surface area contributed by atoms with E-state index in [1.807, 2.05) is 6.07 Å². The Morgan fingerprint density at radius 1 is 1.40 bits per heavy atom. The number of nitrogens with one attached hydrogen (secondary N) is 2. The normalized spacial score (nSPS) is 9.90. The Balaban J connectivity index is 2.21. The lowest BCUT2D eigenvalue weighted by Gasteiger charge is -2.11. The van der Waals surface area contributed by atoms with Crippen LogP contribution < -0.4 is 10.6 Å². The third-order valence-electron chi connectivity index (χ3n) is 2.67. The molecular formula is C13H11ClFN5. The summed E-state index contributed by atoms with van der Waals surface area (Å²) >= 11 is 5.92. The summed E-state index contributed by atoms with van der Waals surface area (Å²) in [5, 5.41) is 14.9. The molecule has 0 fully saturated rings. The first-order valence-electron chi connectivity index (χ1n) is 5.76. The van der Waals surface area contributed by atoms with Crippen LogP contribution in [-0.4, -0.2) is 17.0 Å². The minimum atomic E-state index is -0.386. The molecule has 1 aromatic carbocycles. The van der Waals surface area contributed by atoms with Crippen LogP contribution in [0.4, 0.5) is 15.9 Å². The molecule has 0 spiro atoms. The van der Waals surface area contributed by atoms with Gasteiger partial charge in [-0.15, -0.1) is 0 Å². The van der Waals surface area contributed by atoms with Crippen LogP contribution in [-0.2, 0) is 6.54 Å². The Hall–Kier alpha value is -2.39. The molecule has 0 saturated heterocycles. The number of anilines is 2. The molecule has 5 nitrogen and oxygen atoms in total. The van der Waals surface area contributed by atoms with E-state index in [2.05, 4.69) is 20.6 Å². The molecule has 0 radical (unpaired) electrons. The van der Waals surface area contributed by atoms with E-state index in [4.69, 9.17) is 16.9 Å². The van der Waals surface area contributed by atoms with Crippen LogP contribution in [0.2, 0.25) is 5.15 Å². The van der Waals surface area contributed by atoms with Crippen LogP contribution in [0.5, 0.6) is 0 Å². The van der Waals surface area contributed by atoms with Crippen LogP contribution in [0, 0.1) is 17.1 Å². The predicted octanol–water partition coefficient (Wildman–Crippen LogP) is 2.79. The second kappa shape index (κ2) is 6.17. The van der Waals surface area contributed by atoms with Crippen LogP contribution in [0.3, 0.4) is 0 Å². The summed E-state index contributed by atoms with van der Waals surface area (Å²) in [7, 11) is 1.69. The Kier molecular flexibility index (Phi) is 4.33. The van der Waals surface area contributed by atoms with Gasteiger partial charge in [-0.1, -0.05) is 11.6 Å². The van der Waals surface area contributed by atoms with Gasteiger partial charge in [0.2, 0.25) is 0 Å². The maximum atomic E-state index is 13.6. The number of nitrogens with zero attached hydrogens (tertiary/aromatic N) is 3.